The summed E-state index contributed by atoms with van der Waals surface area (Å²) in [6, 6.07) is 16.4. The van der Waals surface area contributed by atoms with E-state index in [1.54, 1.807) is 6.07 Å². The standard InChI is InChI=1S/C32H36F2N4O3/c1-41-31(39)30-27(6-5-7-28(30)33)22-8-9-23(29(34)20-22)21-35-32(40)36-24-10-12-25(13-11-24)38-18-14-26(15-19-38)37-16-3-2-4-17-37/h5-13,20,26H,2-4,14-19,21H2,1H3,(H2,35,36,40). The zero-order valence-corrected chi connectivity index (χ0v) is 23.3. The van der Waals surface area contributed by atoms with E-state index >= 15 is 0 Å². The summed E-state index contributed by atoms with van der Waals surface area (Å²) in [5, 5.41) is 5.46. The third-order valence-electron chi connectivity index (χ3n) is 8.07. The molecule has 2 N–H and O–H groups in total. The number of nitrogens with zero attached hydrogens (tertiary/aromatic N) is 2. The maximum Gasteiger partial charge on any atom is 0.341 e. The van der Waals surface area contributed by atoms with Crippen LogP contribution in [0.5, 0.6) is 0 Å². The van der Waals surface area contributed by atoms with E-state index in [2.05, 4.69) is 25.2 Å². The second-order valence-corrected chi connectivity index (χ2v) is 10.6. The van der Waals surface area contributed by atoms with E-state index in [1.165, 1.54) is 69.5 Å². The van der Waals surface area contributed by atoms with Gasteiger partial charge in [0.25, 0.3) is 0 Å². The van der Waals surface area contributed by atoms with Crippen LogP contribution in [0.3, 0.4) is 0 Å². The number of carbonyl (C=O) groups is 2. The molecule has 3 aromatic carbocycles. The third kappa shape index (κ3) is 6.85. The first-order chi connectivity index (χ1) is 19.9. The number of amides is 2. The van der Waals surface area contributed by atoms with E-state index in [9.17, 15) is 18.4 Å². The van der Waals surface area contributed by atoms with Gasteiger partial charge in [-0.05, 0) is 86.3 Å². The van der Waals surface area contributed by atoms with E-state index in [4.69, 9.17) is 0 Å². The summed E-state index contributed by atoms with van der Waals surface area (Å²) in [6.07, 6.45) is 6.35. The number of carbonyl (C=O) groups excluding carboxylic acids is 2. The molecule has 3 aromatic rings. The van der Waals surface area contributed by atoms with E-state index in [-0.39, 0.29) is 23.2 Å². The van der Waals surface area contributed by atoms with Crippen molar-refractivity contribution in [3.8, 4) is 11.1 Å². The summed E-state index contributed by atoms with van der Waals surface area (Å²) in [7, 11) is 1.16. The Morgan fingerprint density at radius 3 is 2.32 bits per heavy atom. The first-order valence-electron chi connectivity index (χ1n) is 14.2. The van der Waals surface area contributed by atoms with Crippen molar-refractivity contribution < 1.29 is 23.1 Å². The summed E-state index contributed by atoms with van der Waals surface area (Å²) in [5.41, 5.74) is 2.33. The highest BCUT2D eigenvalue weighted by Crippen LogP contribution is 2.29. The summed E-state index contributed by atoms with van der Waals surface area (Å²) >= 11 is 0. The normalized spacial score (nSPS) is 16.3. The van der Waals surface area contributed by atoms with E-state index in [0.717, 1.165) is 32.0 Å². The molecule has 41 heavy (non-hydrogen) atoms. The molecule has 0 bridgehead atoms. The number of esters is 1. The number of halogens is 2. The second kappa shape index (κ2) is 13.1. The fourth-order valence-corrected chi connectivity index (χ4v) is 5.81. The molecule has 2 saturated heterocycles. The molecule has 0 aromatic heterocycles. The van der Waals surface area contributed by atoms with Gasteiger partial charge >= 0.3 is 12.0 Å². The molecule has 0 aliphatic carbocycles. The summed E-state index contributed by atoms with van der Waals surface area (Å²) in [4.78, 5) is 29.6. The van der Waals surface area contributed by atoms with Gasteiger partial charge in [0.1, 0.15) is 17.2 Å². The number of methoxy groups -OCH3 is 1. The minimum atomic E-state index is -0.841. The van der Waals surface area contributed by atoms with Crippen LogP contribution in [0.1, 0.15) is 48.0 Å². The average molecular weight is 563 g/mol. The molecule has 0 atom stereocenters. The number of ether oxygens (including phenoxy) is 1. The van der Waals surface area contributed by atoms with Crippen LogP contribution < -0.4 is 15.5 Å². The van der Waals surface area contributed by atoms with E-state index < -0.39 is 23.6 Å². The van der Waals surface area contributed by atoms with Gasteiger partial charge in [-0.3, -0.25) is 0 Å². The lowest BCUT2D eigenvalue weighted by Gasteiger charge is -2.41. The SMILES string of the molecule is COC(=O)c1c(F)cccc1-c1ccc(CNC(=O)Nc2ccc(N3CCC(N4CCCCC4)CC3)cc2)c(F)c1. The first-order valence-corrected chi connectivity index (χ1v) is 14.2. The zero-order chi connectivity index (χ0) is 28.8. The molecule has 2 fully saturated rings. The Kier molecular flexibility index (Phi) is 9.14. The fraction of sp³-hybridized carbons (Fsp3) is 0.375. The van der Waals surface area contributed by atoms with Crippen molar-refractivity contribution in [1.82, 2.24) is 10.2 Å². The molecule has 5 rings (SSSR count). The number of hydrogen-bond donors (Lipinski definition) is 2. The number of urea groups is 1. The van der Waals surface area contributed by atoms with Gasteiger partial charge in [-0.25, -0.2) is 18.4 Å². The molecule has 7 nitrogen and oxygen atoms in total. The van der Waals surface area contributed by atoms with Crippen molar-refractivity contribution in [2.24, 2.45) is 0 Å². The monoisotopic (exact) mass is 562 g/mol. The molecule has 0 unspecified atom stereocenters. The molecule has 2 amide bonds. The number of benzene rings is 3. The number of rotatable bonds is 7. The van der Waals surface area contributed by atoms with E-state index in [0.29, 0.717) is 17.3 Å². The van der Waals surface area contributed by atoms with Crippen LogP contribution in [0.25, 0.3) is 11.1 Å². The maximum absolute atomic E-state index is 14.9. The minimum Gasteiger partial charge on any atom is -0.465 e. The van der Waals surface area contributed by atoms with Crippen LogP contribution in [0.4, 0.5) is 25.0 Å². The largest absolute Gasteiger partial charge is 0.465 e. The van der Waals surface area contributed by atoms with Crippen molar-refractivity contribution in [2.45, 2.75) is 44.7 Å². The predicted molar refractivity (Wildman–Crippen MR) is 156 cm³/mol. The van der Waals surface area contributed by atoms with Crippen LogP contribution in [0, 0.1) is 11.6 Å². The number of anilines is 2. The van der Waals surface area contributed by atoms with Gasteiger partial charge in [-0.1, -0.05) is 30.7 Å². The van der Waals surface area contributed by atoms with Crippen molar-refractivity contribution in [3.05, 3.63) is 83.4 Å². The summed E-state index contributed by atoms with van der Waals surface area (Å²) < 4.78 is 33.9. The quantitative estimate of drug-likeness (QED) is 0.336. The number of hydrogen-bond acceptors (Lipinski definition) is 5. The molecular formula is C32H36F2N4O3. The Bertz CT molecular complexity index is 1370. The number of nitrogens with one attached hydrogen (secondary N) is 2. The van der Waals surface area contributed by atoms with Gasteiger partial charge in [0.2, 0.25) is 0 Å². The van der Waals surface area contributed by atoms with Gasteiger partial charge in [0.05, 0.1) is 7.11 Å². The third-order valence-corrected chi connectivity index (χ3v) is 8.07. The van der Waals surface area contributed by atoms with Crippen molar-refractivity contribution >= 4 is 23.4 Å². The fourth-order valence-electron chi connectivity index (χ4n) is 5.81. The molecule has 0 saturated carbocycles. The van der Waals surface area contributed by atoms with Crippen LogP contribution in [-0.2, 0) is 11.3 Å². The van der Waals surface area contributed by atoms with Crippen molar-refractivity contribution in [3.63, 3.8) is 0 Å². The van der Waals surface area contributed by atoms with Gasteiger partial charge in [-0.2, -0.15) is 0 Å². The molecule has 2 heterocycles. The highest BCUT2D eigenvalue weighted by molar-refractivity contribution is 5.97. The second-order valence-electron chi connectivity index (χ2n) is 10.6. The van der Waals surface area contributed by atoms with Crippen LogP contribution >= 0.6 is 0 Å². The first kappa shape index (κ1) is 28.5. The Balaban J connectivity index is 1.13. The van der Waals surface area contributed by atoms with Gasteiger partial charge in [-0.15, -0.1) is 0 Å². The summed E-state index contributed by atoms with van der Waals surface area (Å²) in [6.45, 7) is 4.48. The minimum absolute atomic E-state index is 0.0466. The van der Waals surface area contributed by atoms with Crippen LogP contribution in [0.15, 0.2) is 60.7 Å². The lowest BCUT2D eigenvalue weighted by Crippen LogP contribution is -2.46. The Morgan fingerprint density at radius 2 is 1.63 bits per heavy atom. The smallest absolute Gasteiger partial charge is 0.341 e. The molecule has 0 spiro atoms. The van der Waals surface area contributed by atoms with Crippen molar-refractivity contribution in [2.75, 3.05) is 43.5 Å². The van der Waals surface area contributed by atoms with E-state index in [1.807, 2.05) is 24.3 Å². The number of piperidine rings is 2. The number of likely N-dealkylation sites (tertiary alicyclic amines) is 1. The van der Waals surface area contributed by atoms with Gasteiger partial charge in [0, 0.05) is 42.6 Å². The lowest BCUT2D eigenvalue weighted by atomic mass is 9.98. The molecule has 0 radical (unpaired) electrons. The van der Waals surface area contributed by atoms with Crippen LogP contribution in [-0.4, -0.2) is 56.2 Å². The predicted octanol–water partition coefficient (Wildman–Crippen LogP) is 6.19. The van der Waals surface area contributed by atoms with Gasteiger partial charge in [0.15, 0.2) is 0 Å². The molecular weight excluding hydrogens is 526 g/mol. The average Bonchev–Trinajstić information content (AvgIpc) is 3.01. The Morgan fingerprint density at radius 1 is 0.902 bits per heavy atom. The molecule has 2 aliphatic rings. The molecule has 2 aliphatic heterocycles. The Hall–Kier alpha value is -3.98. The molecule has 9 heteroatoms. The maximum atomic E-state index is 14.9. The Labute approximate surface area is 239 Å². The topological polar surface area (TPSA) is 73.9 Å². The van der Waals surface area contributed by atoms with Crippen molar-refractivity contribution in [1.29, 1.82) is 0 Å². The van der Waals surface area contributed by atoms with Gasteiger partial charge < -0.3 is 25.2 Å². The highest BCUT2D eigenvalue weighted by Gasteiger charge is 2.25. The zero-order valence-electron chi connectivity index (χ0n) is 23.3. The molecule has 216 valence electrons. The summed E-state index contributed by atoms with van der Waals surface area (Å²) in [5.74, 6) is -2.18. The highest BCUT2D eigenvalue weighted by atomic mass is 19.1. The van der Waals surface area contributed by atoms with Crippen LogP contribution in [0.2, 0.25) is 0 Å². The lowest BCUT2D eigenvalue weighted by molar-refractivity contribution is 0.0596.